The molecule has 3 aromatic rings. The van der Waals surface area contributed by atoms with Crippen molar-refractivity contribution >= 4 is 5.69 Å². The fourth-order valence-electron chi connectivity index (χ4n) is 3.10. The summed E-state index contributed by atoms with van der Waals surface area (Å²) in [6, 6.07) is 20.6. The Morgan fingerprint density at radius 2 is 1.79 bits per heavy atom. The Labute approximate surface area is 171 Å². The first-order valence-corrected chi connectivity index (χ1v) is 9.75. The Bertz CT molecular complexity index is 941. The first-order chi connectivity index (χ1) is 14.2. The SMILES string of the molecule is C=CCc1cc(CNc2ccccc2)cc(OCC)c1OCc1cccc(F)c1. The molecular weight excluding hydrogens is 365 g/mol. The van der Waals surface area contributed by atoms with Crippen molar-refractivity contribution in [2.75, 3.05) is 11.9 Å². The van der Waals surface area contributed by atoms with E-state index in [0.29, 0.717) is 31.1 Å². The average molecular weight is 391 g/mol. The molecule has 0 spiro atoms. The lowest BCUT2D eigenvalue weighted by Crippen LogP contribution is -2.06. The van der Waals surface area contributed by atoms with E-state index in [1.165, 1.54) is 12.1 Å². The van der Waals surface area contributed by atoms with Gasteiger partial charge in [0, 0.05) is 17.8 Å². The highest BCUT2D eigenvalue weighted by molar-refractivity contribution is 5.52. The van der Waals surface area contributed by atoms with Gasteiger partial charge in [-0.15, -0.1) is 6.58 Å². The van der Waals surface area contributed by atoms with Gasteiger partial charge in [-0.25, -0.2) is 4.39 Å². The van der Waals surface area contributed by atoms with Gasteiger partial charge in [-0.05, 0) is 60.9 Å². The zero-order valence-electron chi connectivity index (χ0n) is 16.7. The summed E-state index contributed by atoms with van der Waals surface area (Å²) < 4.78 is 25.4. The predicted molar refractivity (Wildman–Crippen MR) is 116 cm³/mol. The maximum atomic E-state index is 13.5. The second-order valence-electron chi connectivity index (χ2n) is 6.65. The summed E-state index contributed by atoms with van der Waals surface area (Å²) in [6.07, 6.45) is 2.49. The molecular formula is C25H26FNO2. The number of para-hydroxylation sites is 1. The number of ether oxygens (including phenoxy) is 2. The molecule has 0 aromatic heterocycles. The van der Waals surface area contributed by atoms with Gasteiger partial charge in [-0.1, -0.05) is 36.4 Å². The standard InChI is InChI=1S/C25H26FNO2/c1-3-9-21-14-20(17-27-23-12-6-5-7-13-23)16-24(28-4-2)25(21)29-18-19-10-8-11-22(26)15-19/h3,5-8,10-16,27H,1,4,9,17-18H2,2H3. The Balaban J connectivity index is 1.83. The van der Waals surface area contributed by atoms with Gasteiger partial charge < -0.3 is 14.8 Å². The molecule has 0 unspecified atom stereocenters. The van der Waals surface area contributed by atoms with Crippen LogP contribution in [0, 0.1) is 5.82 Å². The van der Waals surface area contributed by atoms with Crippen molar-refractivity contribution in [1.82, 2.24) is 0 Å². The highest BCUT2D eigenvalue weighted by Gasteiger charge is 2.14. The summed E-state index contributed by atoms with van der Waals surface area (Å²) in [5.41, 5.74) is 3.91. The molecule has 0 saturated heterocycles. The van der Waals surface area contributed by atoms with Crippen LogP contribution in [0.25, 0.3) is 0 Å². The molecule has 0 radical (unpaired) electrons. The van der Waals surface area contributed by atoms with Gasteiger partial charge in [0.1, 0.15) is 12.4 Å². The summed E-state index contributed by atoms with van der Waals surface area (Å²) in [5, 5.41) is 3.42. The van der Waals surface area contributed by atoms with E-state index in [2.05, 4.69) is 18.0 Å². The molecule has 0 saturated carbocycles. The lowest BCUT2D eigenvalue weighted by molar-refractivity contribution is 0.266. The summed E-state index contributed by atoms with van der Waals surface area (Å²) in [7, 11) is 0. The quantitative estimate of drug-likeness (QED) is 0.421. The van der Waals surface area contributed by atoms with Crippen LogP contribution in [0.3, 0.4) is 0 Å². The number of anilines is 1. The summed E-state index contributed by atoms with van der Waals surface area (Å²) >= 11 is 0. The van der Waals surface area contributed by atoms with E-state index in [-0.39, 0.29) is 12.4 Å². The fraction of sp³-hybridized carbons (Fsp3) is 0.200. The van der Waals surface area contributed by atoms with E-state index in [4.69, 9.17) is 9.47 Å². The Hall–Kier alpha value is -3.27. The topological polar surface area (TPSA) is 30.5 Å². The first-order valence-electron chi connectivity index (χ1n) is 9.75. The van der Waals surface area contributed by atoms with Crippen LogP contribution in [0.1, 0.15) is 23.6 Å². The van der Waals surface area contributed by atoms with Crippen molar-refractivity contribution < 1.29 is 13.9 Å². The number of allylic oxidation sites excluding steroid dienone is 1. The molecule has 0 atom stereocenters. The number of halogens is 1. The molecule has 3 aromatic carbocycles. The number of benzene rings is 3. The Morgan fingerprint density at radius 1 is 0.966 bits per heavy atom. The van der Waals surface area contributed by atoms with Crippen molar-refractivity contribution in [3.05, 3.63) is 102 Å². The van der Waals surface area contributed by atoms with Crippen LogP contribution in [0.4, 0.5) is 10.1 Å². The molecule has 0 aliphatic carbocycles. The Kier molecular flexibility index (Phi) is 7.28. The lowest BCUT2D eigenvalue weighted by Gasteiger charge is -2.18. The first kappa shape index (κ1) is 20.5. The highest BCUT2D eigenvalue weighted by Crippen LogP contribution is 2.35. The minimum absolute atomic E-state index is 0.267. The molecule has 3 nitrogen and oxygen atoms in total. The number of hydrogen-bond donors (Lipinski definition) is 1. The number of hydrogen-bond acceptors (Lipinski definition) is 3. The largest absolute Gasteiger partial charge is 0.490 e. The normalized spacial score (nSPS) is 10.4. The third kappa shape index (κ3) is 5.85. The molecule has 0 fully saturated rings. The van der Waals surface area contributed by atoms with Gasteiger partial charge in [0.2, 0.25) is 0 Å². The van der Waals surface area contributed by atoms with Gasteiger partial charge in [-0.3, -0.25) is 0 Å². The van der Waals surface area contributed by atoms with Crippen LogP contribution in [0.15, 0.2) is 79.4 Å². The van der Waals surface area contributed by atoms with Crippen molar-refractivity contribution in [3.63, 3.8) is 0 Å². The molecule has 3 rings (SSSR count). The van der Waals surface area contributed by atoms with Crippen LogP contribution in [-0.2, 0) is 19.6 Å². The van der Waals surface area contributed by atoms with Crippen molar-refractivity contribution in [2.24, 2.45) is 0 Å². The van der Waals surface area contributed by atoms with Crippen LogP contribution >= 0.6 is 0 Å². The van der Waals surface area contributed by atoms with E-state index in [1.807, 2.05) is 55.5 Å². The second kappa shape index (κ2) is 10.3. The summed E-state index contributed by atoms with van der Waals surface area (Å²) in [4.78, 5) is 0. The van der Waals surface area contributed by atoms with Gasteiger partial charge >= 0.3 is 0 Å². The molecule has 4 heteroatoms. The van der Waals surface area contributed by atoms with Crippen LogP contribution in [0.2, 0.25) is 0 Å². The smallest absolute Gasteiger partial charge is 0.165 e. The summed E-state index contributed by atoms with van der Waals surface area (Å²) in [6.45, 7) is 7.27. The van der Waals surface area contributed by atoms with E-state index in [9.17, 15) is 4.39 Å². The fourth-order valence-corrected chi connectivity index (χ4v) is 3.10. The maximum Gasteiger partial charge on any atom is 0.165 e. The monoisotopic (exact) mass is 391 g/mol. The number of nitrogens with one attached hydrogen (secondary N) is 1. The van der Waals surface area contributed by atoms with Gasteiger partial charge in [0.15, 0.2) is 11.5 Å². The molecule has 0 aliphatic heterocycles. The van der Waals surface area contributed by atoms with E-state index < -0.39 is 0 Å². The average Bonchev–Trinajstić information content (AvgIpc) is 2.73. The zero-order valence-corrected chi connectivity index (χ0v) is 16.7. The maximum absolute atomic E-state index is 13.5. The molecule has 1 N–H and O–H groups in total. The third-order valence-corrected chi connectivity index (χ3v) is 4.40. The zero-order chi connectivity index (χ0) is 20.5. The lowest BCUT2D eigenvalue weighted by atomic mass is 10.0. The molecule has 0 amide bonds. The van der Waals surface area contributed by atoms with Crippen molar-refractivity contribution in [3.8, 4) is 11.5 Å². The van der Waals surface area contributed by atoms with Gasteiger partial charge in [0.25, 0.3) is 0 Å². The third-order valence-electron chi connectivity index (χ3n) is 4.40. The van der Waals surface area contributed by atoms with E-state index in [1.54, 1.807) is 6.07 Å². The van der Waals surface area contributed by atoms with Crippen molar-refractivity contribution in [2.45, 2.75) is 26.5 Å². The predicted octanol–water partition coefficient (Wildman–Crippen LogP) is 6.14. The number of rotatable bonds is 10. The van der Waals surface area contributed by atoms with E-state index in [0.717, 1.165) is 22.4 Å². The minimum atomic E-state index is -0.273. The van der Waals surface area contributed by atoms with Crippen LogP contribution in [-0.4, -0.2) is 6.61 Å². The summed E-state index contributed by atoms with van der Waals surface area (Å²) in [5.74, 6) is 1.09. The van der Waals surface area contributed by atoms with E-state index >= 15 is 0 Å². The molecule has 0 aliphatic rings. The van der Waals surface area contributed by atoms with Crippen molar-refractivity contribution in [1.29, 1.82) is 0 Å². The molecule has 0 heterocycles. The van der Waals surface area contributed by atoms with Crippen LogP contribution < -0.4 is 14.8 Å². The molecule has 150 valence electrons. The minimum Gasteiger partial charge on any atom is -0.490 e. The highest BCUT2D eigenvalue weighted by atomic mass is 19.1. The van der Waals surface area contributed by atoms with Gasteiger partial charge in [0.05, 0.1) is 6.61 Å². The van der Waals surface area contributed by atoms with Gasteiger partial charge in [-0.2, -0.15) is 0 Å². The second-order valence-corrected chi connectivity index (χ2v) is 6.65. The molecule has 29 heavy (non-hydrogen) atoms. The van der Waals surface area contributed by atoms with Crippen LogP contribution in [0.5, 0.6) is 11.5 Å². The Morgan fingerprint density at radius 3 is 2.52 bits per heavy atom. The molecule has 0 bridgehead atoms.